The Labute approximate surface area is 127 Å². The molecule has 2 aromatic heterocycles. The second-order valence-corrected chi connectivity index (χ2v) is 5.21. The van der Waals surface area contributed by atoms with Crippen molar-refractivity contribution in [2.45, 2.75) is 20.4 Å². The van der Waals surface area contributed by atoms with Crippen molar-refractivity contribution in [3.63, 3.8) is 0 Å². The van der Waals surface area contributed by atoms with Crippen LogP contribution in [0.5, 0.6) is 11.5 Å². The van der Waals surface area contributed by atoms with Gasteiger partial charge in [-0.05, 0) is 19.9 Å². The van der Waals surface area contributed by atoms with Crippen LogP contribution in [0.15, 0.2) is 16.9 Å². The summed E-state index contributed by atoms with van der Waals surface area (Å²) in [6.07, 6.45) is 0. The van der Waals surface area contributed by atoms with Gasteiger partial charge >= 0.3 is 0 Å². The summed E-state index contributed by atoms with van der Waals surface area (Å²) in [6.45, 7) is 4.38. The Bertz CT molecular complexity index is 938. The Hall–Kier alpha value is -2.50. The number of benzene rings is 1. The molecule has 0 saturated heterocycles. The predicted molar refractivity (Wildman–Crippen MR) is 86.0 cm³/mol. The Morgan fingerprint density at radius 3 is 2.41 bits per heavy atom. The molecule has 6 nitrogen and oxygen atoms in total. The number of aryl methyl sites for hydroxylation is 3. The van der Waals surface area contributed by atoms with Gasteiger partial charge in [-0.25, -0.2) is 4.68 Å². The number of hydrogen-bond donors (Lipinski definition) is 0. The van der Waals surface area contributed by atoms with Crippen LogP contribution >= 0.6 is 0 Å². The van der Waals surface area contributed by atoms with E-state index in [1.54, 1.807) is 14.2 Å². The van der Waals surface area contributed by atoms with Crippen molar-refractivity contribution in [2.24, 2.45) is 7.05 Å². The molecule has 0 aliphatic carbocycles. The fourth-order valence-electron chi connectivity index (χ4n) is 2.99. The number of methoxy groups -OCH3 is 2. The summed E-state index contributed by atoms with van der Waals surface area (Å²) in [5.41, 5.74) is 2.32. The van der Waals surface area contributed by atoms with E-state index in [1.807, 2.05) is 37.6 Å². The maximum Gasteiger partial charge on any atom is 0.291 e. The van der Waals surface area contributed by atoms with Gasteiger partial charge in [0, 0.05) is 30.4 Å². The third kappa shape index (κ3) is 1.80. The molecule has 6 heteroatoms. The number of fused-ring (bicyclic) bond motifs is 3. The third-order valence-electron chi connectivity index (χ3n) is 4.07. The molecule has 0 saturated carbocycles. The molecule has 0 atom stereocenters. The molecule has 116 valence electrons. The van der Waals surface area contributed by atoms with Crippen LogP contribution in [0.4, 0.5) is 0 Å². The average Bonchev–Trinajstić information content (AvgIpc) is 2.82. The van der Waals surface area contributed by atoms with Gasteiger partial charge in [-0.3, -0.25) is 4.79 Å². The largest absolute Gasteiger partial charge is 0.493 e. The Kier molecular flexibility index (Phi) is 3.31. The molecule has 0 spiro atoms. The van der Waals surface area contributed by atoms with E-state index in [-0.39, 0.29) is 5.56 Å². The van der Waals surface area contributed by atoms with E-state index in [2.05, 4.69) is 5.10 Å². The van der Waals surface area contributed by atoms with E-state index in [0.29, 0.717) is 23.6 Å². The molecule has 0 aliphatic rings. The monoisotopic (exact) mass is 301 g/mol. The topological polar surface area (TPSA) is 58.3 Å². The van der Waals surface area contributed by atoms with Crippen molar-refractivity contribution in [1.29, 1.82) is 0 Å². The van der Waals surface area contributed by atoms with Gasteiger partial charge in [0.15, 0.2) is 11.5 Å². The maximum absolute atomic E-state index is 12.6. The SMILES string of the molecule is CCn1nc(C)c2c3cc(OC)c(OC)cc3n(C)c2c1=O. The zero-order valence-electron chi connectivity index (χ0n) is 13.4. The molecule has 3 aromatic rings. The Morgan fingerprint density at radius 2 is 1.82 bits per heavy atom. The molecule has 0 fully saturated rings. The quantitative estimate of drug-likeness (QED) is 0.744. The second kappa shape index (κ2) is 5.05. The number of rotatable bonds is 3. The van der Waals surface area contributed by atoms with Gasteiger partial charge in [0.2, 0.25) is 0 Å². The molecule has 0 bridgehead atoms. The van der Waals surface area contributed by atoms with Crippen LogP contribution in [0.1, 0.15) is 12.6 Å². The third-order valence-corrected chi connectivity index (χ3v) is 4.07. The summed E-state index contributed by atoms with van der Waals surface area (Å²) in [5, 5.41) is 6.21. The van der Waals surface area contributed by atoms with E-state index < -0.39 is 0 Å². The molecule has 3 rings (SSSR count). The highest BCUT2D eigenvalue weighted by Gasteiger charge is 2.19. The number of aromatic nitrogens is 3. The molecule has 2 heterocycles. The highest BCUT2D eigenvalue weighted by Crippen LogP contribution is 2.36. The lowest BCUT2D eigenvalue weighted by Gasteiger charge is -2.08. The Balaban J connectivity index is 2.57. The first-order valence-electron chi connectivity index (χ1n) is 7.15. The smallest absolute Gasteiger partial charge is 0.291 e. The molecular weight excluding hydrogens is 282 g/mol. The van der Waals surface area contributed by atoms with Crippen molar-refractivity contribution < 1.29 is 9.47 Å². The molecule has 0 unspecified atom stereocenters. The highest BCUT2D eigenvalue weighted by atomic mass is 16.5. The lowest BCUT2D eigenvalue weighted by Crippen LogP contribution is -2.24. The molecule has 0 N–H and O–H groups in total. The van der Waals surface area contributed by atoms with Crippen LogP contribution in [0.2, 0.25) is 0 Å². The minimum atomic E-state index is -0.0836. The molecular formula is C16H19N3O3. The van der Waals surface area contributed by atoms with Crippen LogP contribution in [0.3, 0.4) is 0 Å². The first-order valence-corrected chi connectivity index (χ1v) is 7.15. The fraction of sp³-hybridized carbons (Fsp3) is 0.375. The fourth-order valence-corrected chi connectivity index (χ4v) is 2.99. The predicted octanol–water partition coefficient (Wildman–Crippen LogP) is 2.23. The summed E-state index contributed by atoms with van der Waals surface area (Å²) in [7, 11) is 5.09. The second-order valence-electron chi connectivity index (χ2n) is 5.21. The van der Waals surface area contributed by atoms with Crippen molar-refractivity contribution in [2.75, 3.05) is 14.2 Å². The van der Waals surface area contributed by atoms with Crippen LogP contribution in [0.25, 0.3) is 21.8 Å². The van der Waals surface area contributed by atoms with E-state index in [1.165, 1.54) is 4.68 Å². The summed E-state index contributed by atoms with van der Waals surface area (Å²) in [5.74, 6) is 1.28. The number of ether oxygens (including phenoxy) is 2. The first kappa shape index (κ1) is 14.4. The van der Waals surface area contributed by atoms with Gasteiger partial charge in [-0.15, -0.1) is 0 Å². The minimum Gasteiger partial charge on any atom is -0.493 e. The van der Waals surface area contributed by atoms with E-state index >= 15 is 0 Å². The molecule has 1 aromatic carbocycles. The van der Waals surface area contributed by atoms with Crippen LogP contribution < -0.4 is 15.0 Å². The molecule has 22 heavy (non-hydrogen) atoms. The van der Waals surface area contributed by atoms with Crippen molar-refractivity contribution in [1.82, 2.24) is 14.3 Å². The number of nitrogens with zero attached hydrogens (tertiary/aromatic N) is 3. The first-order chi connectivity index (χ1) is 10.5. The van der Waals surface area contributed by atoms with Crippen molar-refractivity contribution in [3.8, 4) is 11.5 Å². The highest BCUT2D eigenvalue weighted by molar-refractivity contribution is 6.09. The van der Waals surface area contributed by atoms with Crippen LogP contribution in [-0.2, 0) is 13.6 Å². The van der Waals surface area contributed by atoms with E-state index in [0.717, 1.165) is 22.0 Å². The maximum atomic E-state index is 12.6. The van der Waals surface area contributed by atoms with E-state index in [9.17, 15) is 4.79 Å². The van der Waals surface area contributed by atoms with Crippen LogP contribution in [-0.4, -0.2) is 28.6 Å². The van der Waals surface area contributed by atoms with Gasteiger partial charge in [-0.1, -0.05) is 0 Å². The van der Waals surface area contributed by atoms with Gasteiger partial charge in [-0.2, -0.15) is 5.10 Å². The molecule has 0 amide bonds. The lowest BCUT2D eigenvalue weighted by atomic mass is 10.1. The molecule has 0 radical (unpaired) electrons. The molecule has 0 aliphatic heterocycles. The normalized spacial score (nSPS) is 11.3. The van der Waals surface area contributed by atoms with Crippen molar-refractivity contribution >= 4 is 21.8 Å². The van der Waals surface area contributed by atoms with Gasteiger partial charge < -0.3 is 14.0 Å². The van der Waals surface area contributed by atoms with Crippen molar-refractivity contribution in [3.05, 3.63) is 28.2 Å². The average molecular weight is 301 g/mol. The van der Waals surface area contributed by atoms with Gasteiger partial charge in [0.1, 0.15) is 5.52 Å². The summed E-state index contributed by atoms with van der Waals surface area (Å²) >= 11 is 0. The standard InChI is InChI=1S/C16H19N3O3/c1-6-19-16(20)15-14(9(2)17-19)10-7-12(21-4)13(22-5)8-11(10)18(15)3/h7-8H,6H2,1-5H3. The zero-order valence-corrected chi connectivity index (χ0v) is 13.4. The van der Waals surface area contributed by atoms with Gasteiger partial charge in [0.25, 0.3) is 5.56 Å². The summed E-state index contributed by atoms with van der Waals surface area (Å²) < 4.78 is 14.1. The number of hydrogen-bond acceptors (Lipinski definition) is 4. The lowest BCUT2D eigenvalue weighted by molar-refractivity contribution is 0.356. The van der Waals surface area contributed by atoms with E-state index in [4.69, 9.17) is 9.47 Å². The van der Waals surface area contributed by atoms with Gasteiger partial charge in [0.05, 0.1) is 25.4 Å². The zero-order chi connectivity index (χ0) is 16.0. The Morgan fingerprint density at radius 1 is 1.18 bits per heavy atom. The summed E-state index contributed by atoms with van der Waals surface area (Å²) in [4.78, 5) is 12.6. The summed E-state index contributed by atoms with van der Waals surface area (Å²) in [6, 6.07) is 3.80. The van der Waals surface area contributed by atoms with Crippen LogP contribution in [0, 0.1) is 6.92 Å². The minimum absolute atomic E-state index is 0.0836.